The fraction of sp³-hybridized carbons (Fsp3) is 0.407. The Bertz CT molecular complexity index is 1040. The van der Waals surface area contributed by atoms with E-state index in [-0.39, 0.29) is 17.2 Å². The van der Waals surface area contributed by atoms with Crippen molar-refractivity contribution < 1.29 is 24.5 Å². The van der Waals surface area contributed by atoms with Crippen LogP contribution in [0.5, 0.6) is 11.5 Å². The molecule has 1 fully saturated rings. The van der Waals surface area contributed by atoms with Gasteiger partial charge in [0.1, 0.15) is 18.1 Å². The predicted molar refractivity (Wildman–Crippen MR) is 134 cm³/mol. The monoisotopic (exact) mass is 504 g/mol. The van der Waals surface area contributed by atoms with Crippen LogP contribution >= 0.6 is 23.2 Å². The number of carboxylic acid groups (broad SMARTS) is 1. The molecule has 34 heavy (non-hydrogen) atoms. The topological polar surface area (TPSA) is 83.8 Å². The number of rotatable bonds is 7. The van der Waals surface area contributed by atoms with Crippen LogP contribution in [0.2, 0.25) is 10.0 Å². The molecule has 0 saturated heterocycles. The Labute approximate surface area is 210 Å². The number of benzene rings is 2. The summed E-state index contributed by atoms with van der Waals surface area (Å²) in [6.45, 7) is 0.631. The molecule has 7 heteroatoms. The highest BCUT2D eigenvalue weighted by atomic mass is 35.5. The lowest BCUT2D eigenvalue weighted by Gasteiger charge is -2.31. The number of phenols is 1. The van der Waals surface area contributed by atoms with E-state index in [4.69, 9.17) is 38.2 Å². The maximum absolute atomic E-state index is 10.7. The summed E-state index contributed by atoms with van der Waals surface area (Å²) in [4.78, 5) is 20.8. The number of hydrogen-bond donors (Lipinski definition) is 2. The highest BCUT2D eigenvalue weighted by Crippen LogP contribution is 2.47. The minimum Gasteiger partial charge on any atom is -0.508 e. The summed E-state index contributed by atoms with van der Waals surface area (Å²) >= 11 is 11.8. The van der Waals surface area contributed by atoms with Gasteiger partial charge in [0.2, 0.25) is 0 Å². The summed E-state index contributed by atoms with van der Waals surface area (Å²) in [5, 5.41) is 18.4. The normalized spacial score (nSPS) is 16.4. The summed E-state index contributed by atoms with van der Waals surface area (Å²) < 4.78 is 5.94. The summed E-state index contributed by atoms with van der Waals surface area (Å²) in [5.41, 5.74) is 3.11. The average molecular weight is 505 g/mol. The number of allylic oxidation sites excluding steroid dienone is 1. The van der Waals surface area contributed by atoms with Crippen LogP contribution in [-0.2, 0) is 11.2 Å². The van der Waals surface area contributed by atoms with E-state index in [1.165, 1.54) is 62.3 Å². The third-order valence-corrected chi connectivity index (χ3v) is 7.13. The predicted octanol–water partition coefficient (Wildman–Crippen LogP) is 7.26. The van der Waals surface area contributed by atoms with Crippen molar-refractivity contribution in [2.24, 2.45) is 5.41 Å². The number of aliphatic carboxylic acids is 1. The number of hydrogen-bond acceptors (Lipinski definition) is 4. The molecule has 0 aromatic heterocycles. The van der Waals surface area contributed by atoms with E-state index in [9.17, 15) is 9.59 Å². The standard InChI is InChI=1S/C20H25ClO3.C7H5ClO2/c21-18-12-17(7-5-16(18)6-8-19(22)23)24-14-15-4-3-11-20(13-15)9-1-2-10-20;8-7-3-6(10)2-1-5(7)4-9/h5,7,12-13H,1-4,6,8-11,14H2,(H,22,23);1-4,10H. The molecule has 1 spiro atoms. The van der Waals surface area contributed by atoms with Gasteiger partial charge in [0.05, 0.1) is 5.02 Å². The number of aryl methyl sites for hydroxylation is 1. The van der Waals surface area contributed by atoms with Gasteiger partial charge in [-0.1, -0.05) is 48.2 Å². The molecule has 2 aliphatic carbocycles. The maximum Gasteiger partial charge on any atom is 0.303 e. The first-order valence-corrected chi connectivity index (χ1v) is 12.3. The van der Waals surface area contributed by atoms with Crippen LogP contribution in [0, 0.1) is 5.41 Å². The van der Waals surface area contributed by atoms with Gasteiger partial charge >= 0.3 is 5.97 Å². The lowest BCUT2D eigenvalue weighted by Crippen LogP contribution is -2.19. The lowest BCUT2D eigenvalue weighted by atomic mass is 9.75. The zero-order valence-corrected chi connectivity index (χ0v) is 20.6. The fourth-order valence-corrected chi connectivity index (χ4v) is 5.17. The molecule has 0 amide bonds. The lowest BCUT2D eigenvalue weighted by molar-refractivity contribution is -0.136. The van der Waals surface area contributed by atoms with Crippen LogP contribution in [0.1, 0.15) is 67.3 Å². The SMILES string of the molecule is O=C(O)CCc1ccc(OCC2=CC3(CCCC3)CCC2)cc1Cl.O=Cc1ccc(O)cc1Cl. The molecule has 0 unspecified atom stereocenters. The number of carbonyl (C=O) groups excluding carboxylic acids is 1. The Morgan fingerprint density at radius 3 is 2.41 bits per heavy atom. The van der Waals surface area contributed by atoms with E-state index >= 15 is 0 Å². The van der Waals surface area contributed by atoms with Crippen molar-refractivity contribution in [2.75, 3.05) is 6.61 Å². The number of aromatic hydroxyl groups is 1. The third kappa shape index (κ3) is 7.51. The van der Waals surface area contributed by atoms with Crippen LogP contribution in [0.3, 0.4) is 0 Å². The number of ether oxygens (including phenoxy) is 1. The molecule has 2 aromatic rings. The minimum atomic E-state index is -0.809. The van der Waals surface area contributed by atoms with Gasteiger partial charge in [-0.2, -0.15) is 0 Å². The first kappa shape index (κ1) is 26.1. The maximum atomic E-state index is 10.7. The number of aldehydes is 1. The smallest absolute Gasteiger partial charge is 0.303 e. The van der Waals surface area contributed by atoms with Crippen molar-refractivity contribution in [1.82, 2.24) is 0 Å². The molecule has 5 nitrogen and oxygen atoms in total. The molecule has 0 atom stereocenters. The van der Waals surface area contributed by atoms with E-state index in [1.807, 2.05) is 12.1 Å². The Kier molecular flexibility index (Phi) is 9.43. The second-order valence-electron chi connectivity index (χ2n) is 8.98. The molecule has 0 radical (unpaired) electrons. The molecule has 0 bridgehead atoms. The van der Waals surface area contributed by atoms with Gasteiger partial charge in [-0.05, 0) is 85.4 Å². The van der Waals surface area contributed by atoms with E-state index < -0.39 is 5.97 Å². The molecular formula is C27H30Cl2O5. The van der Waals surface area contributed by atoms with Crippen molar-refractivity contribution in [3.05, 3.63) is 69.2 Å². The Morgan fingerprint density at radius 1 is 1.03 bits per heavy atom. The molecule has 2 N–H and O–H groups in total. The minimum absolute atomic E-state index is 0.0654. The van der Waals surface area contributed by atoms with E-state index in [2.05, 4.69) is 6.08 Å². The number of carboxylic acids is 1. The second kappa shape index (κ2) is 12.3. The summed E-state index contributed by atoms with van der Waals surface area (Å²) in [5.74, 6) is 0.0121. The van der Waals surface area contributed by atoms with Gasteiger partial charge < -0.3 is 14.9 Å². The van der Waals surface area contributed by atoms with E-state index in [0.29, 0.717) is 35.3 Å². The third-order valence-electron chi connectivity index (χ3n) is 6.45. The molecular weight excluding hydrogens is 475 g/mol. The molecule has 1 saturated carbocycles. The molecule has 0 aliphatic heterocycles. The Hall–Kier alpha value is -2.50. The van der Waals surface area contributed by atoms with Gasteiger partial charge in [-0.25, -0.2) is 0 Å². The van der Waals surface area contributed by atoms with Crippen molar-refractivity contribution in [3.8, 4) is 11.5 Å². The zero-order valence-electron chi connectivity index (χ0n) is 19.1. The fourth-order valence-electron chi connectivity index (χ4n) is 4.68. The second-order valence-corrected chi connectivity index (χ2v) is 9.80. The van der Waals surface area contributed by atoms with Gasteiger partial charge in [-0.15, -0.1) is 0 Å². The van der Waals surface area contributed by atoms with Gasteiger partial charge in [0.25, 0.3) is 0 Å². The van der Waals surface area contributed by atoms with Crippen molar-refractivity contribution in [1.29, 1.82) is 0 Å². The van der Waals surface area contributed by atoms with Crippen LogP contribution in [0.25, 0.3) is 0 Å². The van der Waals surface area contributed by atoms with Gasteiger partial charge in [0.15, 0.2) is 6.29 Å². The molecule has 0 heterocycles. The molecule has 182 valence electrons. The number of phenolic OH excluding ortho intramolecular Hbond substituents is 1. The average Bonchev–Trinajstić information content (AvgIpc) is 3.25. The molecule has 2 aromatic carbocycles. The summed E-state index contributed by atoms with van der Waals surface area (Å²) in [6, 6.07) is 9.76. The van der Waals surface area contributed by atoms with Crippen LogP contribution < -0.4 is 4.74 Å². The summed E-state index contributed by atoms with van der Waals surface area (Å²) in [6.07, 6.45) is 12.8. The van der Waals surface area contributed by atoms with Crippen LogP contribution in [-0.4, -0.2) is 29.1 Å². The zero-order chi connectivity index (χ0) is 24.6. The van der Waals surface area contributed by atoms with Crippen molar-refractivity contribution in [3.63, 3.8) is 0 Å². The first-order valence-electron chi connectivity index (χ1n) is 11.6. The summed E-state index contributed by atoms with van der Waals surface area (Å²) in [7, 11) is 0. The Balaban J connectivity index is 0.000000271. The van der Waals surface area contributed by atoms with Crippen LogP contribution in [0.15, 0.2) is 48.0 Å². The van der Waals surface area contributed by atoms with Gasteiger partial charge in [0, 0.05) is 17.0 Å². The first-order chi connectivity index (χ1) is 16.3. The number of halogens is 2. The number of carbonyl (C=O) groups is 2. The van der Waals surface area contributed by atoms with Crippen LogP contribution in [0.4, 0.5) is 0 Å². The quantitative estimate of drug-likeness (QED) is 0.306. The van der Waals surface area contributed by atoms with Crippen molar-refractivity contribution >= 4 is 35.5 Å². The molecule has 4 rings (SSSR count). The van der Waals surface area contributed by atoms with E-state index in [0.717, 1.165) is 17.7 Å². The van der Waals surface area contributed by atoms with Crippen molar-refractivity contribution in [2.45, 2.75) is 57.8 Å². The highest BCUT2D eigenvalue weighted by Gasteiger charge is 2.33. The largest absolute Gasteiger partial charge is 0.508 e. The Morgan fingerprint density at radius 2 is 1.76 bits per heavy atom. The highest BCUT2D eigenvalue weighted by molar-refractivity contribution is 6.33. The van der Waals surface area contributed by atoms with Gasteiger partial charge in [-0.3, -0.25) is 9.59 Å². The van der Waals surface area contributed by atoms with E-state index in [1.54, 1.807) is 6.07 Å². The molecule has 2 aliphatic rings.